The molecule has 2 nitrogen and oxygen atoms in total. The Balaban J connectivity index is 1.73. The van der Waals surface area contributed by atoms with Gasteiger partial charge in [0.2, 0.25) is 0 Å². The van der Waals surface area contributed by atoms with E-state index in [1.165, 1.54) is 0 Å². The van der Waals surface area contributed by atoms with Gasteiger partial charge in [0.25, 0.3) is 0 Å². The van der Waals surface area contributed by atoms with Crippen LogP contribution in [0.1, 0.15) is 42.4 Å². The van der Waals surface area contributed by atoms with E-state index in [4.69, 9.17) is 4.55 Å². The van der Waals surface area contributed by atoms with Crippen LogP contribution in [-0.4, -0.2) is 8.76 Å². The average molecular weight is 378 g/mol. The summed E-state index contributed by atoms with van der Waals surface area (Å²) in [5.41, 5.74) is 3.64. The topological polar surface area (TPSA) is 37.3 Å². The molecule has 1 spiro atoms. The first kappa shape index (κ1) is 17.5. The summed E-state index contributed by atoms with van der Waals surface area (Å²) in [6.45, 7) is 0. The third-order valence-electron chi connectivity index (χ3n) is 5.39. The van der Waals surface area contributed by atoms with Crippen LogP contribution in [-0.2, 0) is 17.3 Å². The zero-order valence-electron chi connectivity index (χ0n) is 13.8. The maximum absolute atomic E-state index is 12.8. The van der Waals surface area contributed by atoms with Crippen LogP contribution in [0.2, 0.25) is 0 Å². The van der Waals surface area contributed by atoms with E-state index >= 15 is 0 Å². The maximum Gasteiger partial charge on any atom is 0.416 e. The van der Waals surface area contributed by atoms with Gasteiger partial charge in [0.1, 0.15) is 0 Å². The molecule has 0 amide bonds. The Bertz CT molecular complexity index is 892. The fourth-order valence-electron chi connectivity index (χ4n) is 3.74. The lowest BCUT2D eigenvalue weighted by Gasteiger charge is -2.11. The Labute approximate surface area is 152 Å². The van der Waals surface area contributed by atoms with Gasteiger partial charge in [-0.3, -0.25) is 0 Å². The molecule has 1 saturated carbocycles. The molecule has 0 aromatic heterocycles. The van der Waals surface area contributed by atoms with Crippen molar-refractivity contribution in [2.24, 2.45) is 5.41 Å². The Hall–Kier alpha value is -1.92. The van der Waals surface area contributed by atoms with Gasteiger partial charge in [-0.2, -0.15) is 13.2 Å². The monoisotopic (exact) mass is 378 g/mol. The van der Waals surface area contributed by atoms with Crippen LogP contribution in [0.3, 0.4) is 0 Å². The van der Waals surface area contributed by atoms with Crippen molar-refractivity contribution in [3.05, 3.63) is 65.2 Å². The molecule has 0 heterocycles. The lowest BCUT2D eigenvalue weighted by molar-refractivity contribution is -0.137. The van der Waals surface area contributed by atoms with Crippen molar-refractivity contribution < 1.29 is 21.9 Å². The minimum Gasteiger partial charge on any atom is -0.302 e. The van der Waals surface area contributed by atoms with Crippen molar-refractivity contribution in [1.29, 1.82) is 0 Å². The highest BCUT2D eigenvalue weighted by atomic mass is 32.2. The number of benzene rings is 2. The Morgan fingerprint density at radius 2 is 1.31 bits per heavy atom. The summed E-state index contributed by atoms with van der Waals surface area (Å²) in [5, 5.41) is 0. The number of rotatable bonds is 3. The third-order valence-corrected chi connectivity index (χ3v) is 6.07. The van der Waals surface area contributed by atoms with E-state index in [1.54, 1.807) is 24.3 Å². The van der Waals surface area contributed by atoms with E-state index in [0.29, 0.717) is 4.90 Å². The molecule has 2 aromatic rings. The molecule has 0 saturated heterocycles. The summed E-state index contributed by atoms with van der Waals surface area (Å²) in [5.74, 6) is 0. The van der Waals surface area contributed by atoms with E-state index in [2.05, 4.69) is 0 Å². The first-order valence-electron chi connectivity index (χ1n) is 8.38. The Kier molecular flexibility index (Phi) is 4.08. The quantitative estimate of drug-likeness (QED) is 0.689. The molecular weight excluding hydrogens is 361 g/mol. The molecule has 2 aliphatic rings. The van der Waals surface area contributed by atoms with E-state index in [-0.39, 0.29) is 5.41 Å². The van der Waals surface area contributed by atoms with Gasteiger partial charge < -0.3 is 4.55 Å². The molecule has 1 unspecified atom stereocenters. The molecule has 26 heavy (non-hydrogen) atoms. The summed E-state index contributed by atoms with van der Waals surface area (Å²) in [6.07, 6.45) is -0.274. The molecule has 2 aliphatic carbocycles. The molecule has 1 N–H and O–H groups in total. The first-order chi connectivity index (χ1) is 12.3. The van der Waals surface area contributed by atoms with Crippen LogP contribution in [0.5, 0.6) is 0 Å². The number of hydrogen-bond donors (Lipinski definition) is 1. The molecular formula is C20H17F3O2S. The molecule has 0 bridgehead atoms. The van der Waals surface area contributed by atoms with Crippen molar-refractivity contribution in [3.63, 3.8) is 0 Å². The van der Waals surface area contributed by atoms with E-state index in [0.717, 1.165) is 60.1 Å². The van der Waals surface area contributed by atoms with Gasteiger partial charge in [-0.1, -0.05) is 24.3 Å². The second-order valence-corrected chi connectivity index (χ2v) is 8.13. The predicted molar refractivity (Wildman–Crippen MR) is 94.6 cm³/mol. The van der Waals surface area contributed by atoms with E-state index < -0.39 is 22.8 Å². The number of alkyl halides is 3. The largest absolute Gasteiger partial charge is 0.416 e. The first-order valence-corrected chi connectivity index (χ1v) is 9.49. The van der Waals surface area contributed by atoms with Crippen LogP contribution in [0.4, 0.5) is 13.2 Å². The predicted octanol–water partition coefficient (Wildman–Crippen LogP) is 5.77. The Morgan fingerprint density at radius 3 is 1.69 bits per heavy atom. The third kappa shape index (κ3) is 3.23. The fraction of sp³-hybridized carbons (Fsp3) is 0.300. The molecule has 1 fully saturated rings. The SMILES string of the molecule is O=S(O)c1ccc(C2=C(c3ccc(C(F)(F)F)cc3)CC3(CC3)C2)cc1. The van der Waals surface area contributed by atoms with Crippen molar-refractivity contribution >= 4 is 22.2 Å². The molecule has 0 radical (unpaired) electrons. The summed E-state index contributed by atoms with van der Waals surface area (Å²) in [7, 11) is 0. The lowest BCUT2D eigenvalue weighted by Crippen LogP contribution is -2.04. The minimum atomic E-state index is -4.33. The molecule has 0 aliphatic heterocycles. The van der Waals surface area contributed by atoms with Gasteiger partial charge in [0.05, 0.1) is 10.5 Å². The van der Waals surface area contributed by atoms with Crippen molar-refractivity contribution in [3.8, 4) is 0 Å². The van der Waals surface area contributed by atoms with Crippen molar-refractivity contribution in [2.45, 2.75) is 36.8 Å². The highest BCUT2D eigenvalue weighted by Gasteiger charge is 2.48. The summed E-state index contributed by atoms with van der Waals surface area (Å²) in [4.78, 5) is 0.338. The van der Waals surface area contributed by atoms with Gasteiger partial charge in [-0.15, -0.1) is 0 Å². The zero-order valence-corrected chi connectivity index (χ0v) is 14.7. The van der Waals surface area contributed by atoms with Crippen LogP contribution < -0.4 is 0 Å². The fourth-order valence-corrected chi connectivity index (χ4v) is 4.11. The van der Waals surface area contributed by atoms with Gasteiger partial charge in [0, 0.05) is 0 Å². The number of allylic oxidation sites excluding steroid dienone is 2. The molecule has 2 aromatic carbocycles. The van der Waals surface area contributed by atoms with E-state index in [1.807, 2.05) is 12.1 Å². The molecule has 4 rings (SSSR count). The molecule has 136 valence electrons. The van der Waals surface area contributed by atoms with Crippen molar-refractivity contribution in [2.75, 3.05) is 0 Å². The summed E-state index contributed by atoms with van der Waals surface area (Å²) < 4.78 is 58.8. The second kappa shape index (κ2) is 6.06. The normalized spacial score (nSPS) is 19.8. The second-order valence-electron chi connectivity index (χ2n) is 7.16. The number of hydrogen-bond acceptors (Lipinski definition) is 1. The molecule has 1 atom stereocenters. The van der Waals surface area contributed by atoms with Gasteiger partial charge in [-0.05, 0) is 77.6 Å². The Morgan fingerprint density at radius 1 is 0.846 bits per heavy atom. The number of halogens is 3. The van der Waals surface area contributed by atoms with Crippen LogP contribution in [0, 0.1) is 5.41 Å². The van der Waals surface area contributed by atoms with Gasteiger partial charge >= 0.3 is 6.18 Å². The van der Waals surface area contributed by atoms with Gasteiger partial charge in [-0.25, -0.2) is 4.21 Å². The minimum absolute atomic E-state index is 0.256. The van der Waals surface area contributed by atoms with E-state index in [9.17, 15) is 17.4 Å². The smallest absolute Gasteiger partial charge is 0.302 e. The summed E-state index contributed by atoms with van der Waals surface area (Å²) in [6, 6.07) is 12.3. The average Bonchev–Trinajstić information content (AvgIpc) is 3.25. The zero-order chi connectivity index (χ0) is 18.5. The van der Waals surface area contributed by atoms with Crippen LogP contribution >= 0.6 is 0 Å². The van der Waals surface area contributed by atoms with Crippen molar-refractivity contribution in [1.82, 2.24) is 0 Å². The highest BCUT2D eigenvalue weighted by Crippen LogP contribution is 2.63. The highest BCUT2D eigenvalue weighted by molar-refractivity contribution is 7.79. The van der Waals surface area contributed by atoms with Crippen LogP contribution in [0.25, 0.3) is 11.1 Å². The molecule has 6 heteroatoms. The maximum atomic E-state index is 12.8. The van der Waals surface area contributed by atoms with Crippen LogP contribution in [0.15, 0.2) is 53.4 Å². The van der Waals surface area contributed by atoms with Gasteiger partial charge in [0.15, 0.2) is 11.1 Å². The lowest BCUT2D eigenvalue weighted by atomic mass is 9.96. The standard InChI is InChI=1S/C20H17F3O2S/c21-20(22,23)15-5-1-13(2-6-15)17-11-19(9-10-19)12-18(17)14-3-7-16(8-4-14)26(24)25/h1-8H,9-12H2,(H,24,25). The summed E-state index contributed by atoms with van der Waals surface area (Å²) >= 11 is -2.02.